The van der Waals surface area contributed by atoms with Gasteiger partial charge in [0.05, 0.1) is 0 Å². The number of amides is 1. The van der Waals surface area contributed by atoms with Crippen molar-refractivity contribution in [1.29, 1.82) is 0 Å². The maximum Gasteiger partial charge on any atom is 0.223 e. The van der Waals surface area contributed by atoms with Crippen molar-refractivity contribution < 1.29 is 4.79 Å². The molecule has 0 aliphatic heterocycles. The molecule has 0 aromatic heterocycles. The van der Waals surface area contributed by atoms with E-state index in [4.69, 9.17) is 5.73 Å². The van der Waals surface area contributed by atoms with E-state index in [1.807, 2.05) is 6.92 Å². The van der Waals surface area contributed by atoms with Crippen LogP contribution in [0.1, 0.15) is 47.5 Å². The smallest absolute Gasteiger partial charge is 0.223 e. The van der Waals surface area contributed by atoms with Crippen LogP contribution in [0.15, 0.2) is 0 Å². The summed E-state index contributed by atoms with van der Waals surface area (Å²) in [6, 6.07) is 0. The summed E-state index contributed by atoms with van der Waals surface area (Å²) in [6.45, 7) is 11.0. The minimum absolute atomic E-state index is 0.131. The number of hydrogen-bond donors (Lipinski definition) is 1. The van der Waals surface area contributed by atoms with Crippen LogP contribution in [0.4, 0.5) is 0 Å². The van der Waals surface area contributed by atoms with Crippen molar-refractivity contribution in [3.8, 4) is 0 Å². The SMILES string of the molecule is CC(C)[C@@H]1C[C@](C)(C(N)=O)CC1(C)C. The maximum atomic E-state index is 11.4. The second-order valence-electron chi connectivity index (χ2n) is 6.14. The molecule has 1 amide bonds. The number of nitrogens with two attached hydrogens (primary N) is 1. The molecule has 0 aromatic carbocycles. The molecule has 2 atom stereocenters. The topological polar surface area (TPSA) is 43.1 Å². The lowest BCUT2D eigenvalue weighted by Gasteiger charge is -2.29. The Morgan fingerprint density at radius 1 is 1.36 bits per heavy atom. The third kappa shape index (κ3) is 1.79. The Bertz CT molecular complexity index is 245. The molecule has 1 saturated carbocycles. The molecular formula is C12H23NO. The van der Waals surface area contributed by atoms with E-state index < -0.39 is 0 Å². The lowest BCUT2D eigenvalue weighted by Crippen LogP contribution is -2.32. The predicted molar refractivity (Wildman–Crippen MR) is 58.6 cm³/mol. The molecule has 0 unspecified atom stereocenters. The van der Waals surface area contributed by atoms with Crippen molar-refractivity contribution >= 4 is 5.91 Å². The van der Waals surface area contributed by atoms with E-state index in [1.165, 1.54) is 0 Å². The first kappa shape index (κ1) is 11.5. The molecule has 2 nitrogen and oxygen atoms in total. The summed E-state index contributed by atoms with van der Waals surface area (Å²) in [4.78, 5) is 11.4. The van der Waals surface area contributed by atoms with Crippen LogP contribution < -0.4 is 5.73 Å². The first-order valence-corrected chi connectivity index (χ1v) is 5.49. The Balaban J connectivity index is 2.91. The fraction of sp³-hybridized carbons (Fsp3) is 0.917. The third-order valence-electron chi connectivity index (χ3n) is 3.92. The van der Waals surface area contributed by atoms with Crippen LogP contribution in [0.25, 0.3) is 0 Å². The molecule has 2 heteroatoms. The van der Waals surface area contributed by atoms with Crippen LogP contribution in [-0.4, -0.2) is 5.91 Å². The molecule has 14 heavy (non-hydrogen) atoms. The first-order valence-electron chi connectivity index (χ1n) is 5.49. The van der Waals surface area contributed by atoms with Gasteiger partial charge in [-0.1, -0.05) is 34.6 Å². The van der Waals surface area contributed by atoms with Crippen LogP contribution in [-0.2, 0) is 4.79 Å². The van der Waals surface area contributed by atoms with E-state index >= 15 is 0 Å². The van der Waals surface area contributed by atoms with Crippen LogP contribution in [0, 0.1) is 22.7 Å². The van der Waals surface area contributed by atoms with E-state index in [2.05, 4.69) is 27.7 Å². The van der Waals surface area contributed by atoms with E-state index in [1.54, 1.807) is 0 Å². The summed E-state index contributed by atoms with van der Waals surface area (Å²) in [6.07, 6.45) is 1.88. The average Bonchev–Trinajstić information content (AvgIpc) is 2.22. The summed E-state index contributed by atoms with van der Waals surface area (Å²) < 4.78 is 0. The fourth-order valence-corrected chi connectivity index (χ4v) is 3.30. The van der Waals surface area contributed by atoms with Crippen molar-refractivity contribution in [2.24, 2.45) is 28.4 Å². The monoisotopic (exact) mass is 197 g/mol. The minimum Gasteiger partial charge on any atom is -0.369 e. The molecule has 0 heterocycles. The predicted octanol–water partition coefficient (Wildman–Crippen LogP) is 2.57. The third-order valence-corrected chi connectivity index (χ3v) is 3.92. The molecular weight excluding hydrogens is 174 g/mol. The number of hydrogen-bond acceptors (Lipinski definition) is 1. The van der Waals surface area contributed by atoms with Crippen molar-refractivity contribution in [3.63, 3.8) is 0 Å². The van der Waals surface area contributed by atoms with Crippen LogP contribution in [0.5, 0.6) is 0 Å². The standard InChI is InChI=1S/C12H23NO/c1-8(2)9-6-12(5,10(13)14)7-11(9,3)4/h8-9H,6-7H2,1-5H3,(H2,13,14)/t9-,12-/m0/s1. The van der Waals surface area contributed by atoms with Gasteiger partial charge in [0.25, 0.3) is 0 Å². The van der Waals surface area contributed by atoms with Crippen LogP contribution in [0.2, 0.25) is 0 Å². The molecule has 0 aromatic rings. The van der Waals surface area contributed by atoms with Gasteiger partial charge in [0, 0.05) is 5.41 Å². The van der Waals surface area contributed by atoms with Gasteiger partial charge in [-0.3, -0.25) is 4.79 Å². The molecule has 82 valence electrons. The second-order valence-corrected chi connectivity index (χ2v) is 6.14. The average molecular weight is 197 g/mol. The second kappa shape index (κ2) is 3.25. The maximum absolute atomic E-state index is 11.4. The van der Waals surface area contributed by atoms with Gasteiger partial charge >= 0.3 is 0 Å². The molecule has 0 bridgehead atoms. The van der Waals surface area contributed by atoms with E-state index in [0.717, 1.165) is 12.8 Å². The quantitative estimate of drug-likeness (QED) is 0.726. The zero-order valence-corrected chi connectivity index (χ0v) is 10.1. The van der Waals surface area contributed by atoms with Gasteiger partial charge in [-0.2, -0.15) is 0 Å². The van der Waals surface area contributed by atoms with Crippen molar-refractivity contribution in [1.82, 2.24) is 0 Å². The van der Waals surface area contributed by atoms with Crippen molar-refractivity contribution in [3.05, 3.63) is 0 Å². The van der Waals surface area contributed by atoms with Crippen molar-refractivity contribution in [2.75, 3.05) is 0 Å². The summed E-state index contributed by atoms with van der Waals surface area (Å²) in [5.74, 6) is 1.11. The fourth-order valence-electron chi connectivity index (χ4n) is 3.30. The highest BCUT2D eigenvalue weighted by Crippen LogP contribution is 2.55. The van der Waals surface area contributed by atoms with Gasteiger partial charge in [-0.15, -0.1) is 0 Å². The molecule has 1 fully saturated rings. The highest BCUT2D eigenvalue weighted by molar-refractivity contribution is 5.80. The highest BCUT2D eigenvalue weighted by atomic mass is 16.1. The Kier molecular flexibility index (Phi) is 2.68. The summed E-state index contributed by atoms with van der Waals surface area (Å²) in [5, 5.41) is 0. The zero-order valence-electron chi connectivity index (χ0n) is 10.1. The Morgan fingerprint density at radius 2 is 1.86 bits per heavy atom. The number of rotatable bonds is 2. The first-order chi connectivity index (χ1) is 6.19. The Labute approximate surface area is 87.2 Å². The zero-order chi connectivity index (χ0) is 11.1. The number of carbonyl (C=O) groups is 1. The van der Waals surface area contributed by atoms with Crippen molar-refractivity contribution in [2.45, 2.75) is 47.5 Å². The molecule has 0 saturated heterocycles. The minimum atomic E-state index is -0.279. The lowest BCUT2D eigenvalue weighted by molar-refractivity contribution is -0.126. The van der Waals surface area contributed by atoms with Gasteiger partial charge in [0.2, 0.25) is 5.91 Å². The molecule has 1 aliphatic carbocycles. The summed E-state index contributed by atoms with van der Waals surface area (Å²) >= 11 is 0. The van der Waals surface area contributed by atoms with Crippen LogP contribution in [0.3, 0.4) is 0 Å². The van der Waals surface area contributed by atoms with Gasteiger partial charge in [-0.25, -0.2) is 0 Å². The van der Waals surface area contributed by atoms with E-state index in [-0.39, 0.29) is 16.7 Å². The van der Waals surface area contributed by atoms with Gasteiger partial charge in [0.15, 0.2) is 0 Å². The van der Waals surface area contributed by atoms with Gasteiger partial charge in [-0.05, 0) is 30.1 Å². The normalized spacial score (nSPS) is 36.3. The Hall–Kier alpha value is -0.530. The van der Waals surface area contributed by atoms with Gasteiger partial charge < -0.3 is 5.73 Å². The van der Waals surface area contributed by atoms with Gasteiger partial charge in [0.1, 0.15) is 0 Å². The largest absolute Gasteiger partial charge is 0.369 e. The number of primary amides is 1. The van der Waals surface area contributed by atoms with Crippen LogP contribution >= 0.6 is 0 Å². The number of carbonyl (C=O) groups excluding carboxylic acids is 1. The summed E-state index contributed by atoms with van der Waals surface area (Å²) in [5.41, 5.74) is 5.45. The lowest BCUT2D eigenvalue weighted by atomic mass is 9.76. The van der Waals surface area contributed by atoms with E-state index in [9.17, 15) is 4.79 Å². The molecule has 1 aliphatic rings. The molecule has 0 radical (unpaired) electrons. The summed E-state index contributed by atoms with van der Waals surface area (Å²) in [7, 11) is 0. The molecule has 1 rings (SSSR count). The van der Waals surface area contributed by atoms with E-state index in [0.29, 0.717) is 11.8 Å². The highest BCUT2D eigenvalue weighted by Gasteiger charge is 2.50. The molecule has 2 N–H and O–H groups in total. The molecule has 0 spiro atoms. The Morgan fingerprint density at radius 3 is 2.07 bits per heavy atom.